The van der Waals surface area contributed by atoms with E-state index in [9.17, 15) is 4.79 Å². The van der Waals surface area contributed by atoms with Crippen molar-refractivity contribution in [3.8, 4) is 11.3 Å². The molecule has 0 unspecified atom stereocenters. The molecule has 0 spiro atoms. The van der Waals surface area contributed by atoms with Gasteiger partial charge in [-0.1, -0.05) is 78.4 Å². The van der Waals surface area contributed by atoms with Crippen LogP contribution in [-0.4, -0.2) is 5.91 Å². The number of hydrogen-bond acceptors (Lipinski definition) is 2. The van der Waals surface area contributed by atoms with Crippen LogP contribution in [0.5, 0.6) is 0 Å². The number of rotatable bonds is 5. The lowest BCUT2D eigenvalue weighted by Gasteiger charge is -2.04. The molecule has 29 heavy (non-hydrogen) atoms. The van der Waals surface area contributed by atoms with Gasteiger partial charge in [0.1, 0.15) is 5.76 Å². The molecule has 3 nitrogen and oxygen atoms in total. The number of hydrogen-bond donors (Lipinski definition) is 1. The van der Waals surface area contributed by atoms with Crippen LogP contribution in [0.2, 0.25) is 5.02 Å². The third-order valence-corrected chi connectivity index (χ3v) is 4.61. The summed E-state index contributed by atoms with van der Waals surface area (Å²) in [5.41, 5.74) is 3.71. The number of carbonyl (C=O) groups is 1. The molecule has 1 heterocycles. The van der Waals surface area contributed by atoms with Gasteiger partial charge in [0.05, 0.1) is 0 Å². The van der Waals surface area contributed by atoms with E-state index in [0.717, 1.165) is 16.7 Å². The zero-order valence-corrected chi connectivity index (χ0v) is 16.3. The molecular formula is C25H18ClNO2. The van der Waals surface area contributed by atoms with Crippen LogP contribution in [0.3, 0.4) is 0 Å². The van der Waals surface area contributed by atoms with Gasteiger partial charge in [0.2, 0.25) is 0 Å². The van der Waals surface area contributed by atoms with Crippen LogP contribution in [0.25, 0.3) is 23.5 Å². The first-order chi connectivity index (χ1) is 14.2. The lowest BCUT2D eigenvalue weighted by atomic mass is 10.1. The highest BCUT2D eigenvalue weighted by Gasteiger charge is 2.12. The topological polar surface area (TPSA) is 42.2 Å². The molecule has 1 aromatic heterocycles. The first kappa shape index (κ1) is 18.8. The number of carbonyl (C=O) groups excluding carboxylic acids is 1. The minimum Gasteiger partial charge on any atom is -0.451 e. The number of halogens is 1. The molecular weight excluding hydrogens is 382 g/mol. The molecule has 0 aliphatic rings. The van der Waals surface area contributed by atoms with Crippen molar-refractivity contribution in [2.75, 3.05) is 5.32 Å². The standard InChI is InChI=1S/C25H18ClNO2/c26-21-8-4-7-20(17-21)23-15-16-24(29-23)25(28)27-22-13-11-19(12-14-22)10-9-18-5-2-1-3-6-18/h1-17H,(H,27,28)/b10-9+. The Morgan fingerprint density at radius 3 is 2.24 bits per heavy atom. The number of anilines is 1. The van der Waals surface area contributed by atoms with E-state index in [2.05, 4.69) is 5.32 Å². The number of furan rings is 1. The Hall–Kier alpha value is -3.56. The van der Waals surface area contributed by atoms with Gasteiger partial charge in [-0.3, -0.25) is 4.79 Å². The van der Waals surface area contributed by atoms with Crippen molar-refractivity contribution in [2.24, 2.45) is 0 Å². The molecule has 4 rings (SSSR count). The maximum Gasteiger partial charge on any atom is 0.291 e. The van der Waals surface area contributed by atoms with Crippen LogP contribution in [0.1, 0.15) is 21.7 Å². The van der Waals surface area contributed by atoms with Crippen LogP contribution in [0, 0.1) is 0 Å². The van der Waals surface area contributed by atoms with Crippen LogP contribution in [-0.2, 0) is 0 Å². The highest BCUT2D eigenvalue weighted by Crippen LogP contribution is 2.25. The fraction of sp³-hybridized carbons (Fsp3) is 0. The van der Waals surface area contributed by atoms with E-state index in [0.29, 0.717) is 16.5 Å². The molecule has 0 aliphatic carbocycles. The van der Waals surface area contributed by atoms with E-state index >= 15 is 0 Å². The average Bonchev–Trinajstić information content (AvgIpc) is 3.25. The maximum atomic E-state index is 12.5. The maximum absolute atomic E-state index is 12.5. The van der Waals surface area contributed by atoms with Gasteiger partial charge in [0.25, 0.3) is 5.91 Å². The SMILES string of the molecule is O=C(Nc1ccc(/C=C/c2ccccc2)cc1)c1ccc(-c2cccc(Cl)c2)o1. The summed E-state index contributed by atoms with van der Waals surface area (Å²) in [5, 5.41) is 3.47. The largest absolute Gasteiger partial charge is 0.451 e. The van der Waals surface area contributed by atoms with Crippen LogP contribution >= 0.6 is 11.6 Å². The fourth-order valence-electron chi connectivity index (χ4n) is 2.88. The molecule has 0 aliphatic heterocycles. The van der Waals surface area contributed by atoms with Gasteiger partial charge in [-0.25, -0.2) is 0 Å². The Balaban J connectivity index is 1.42. The van der Waals surface area contributed by atoms with Gasteiger partial charge < -0.3 is 9.73 Å². The molecule has 142 valence electrons. The van der Waals surface area contributed by atoms with Gasteiger partial charge in [-0.05, 0) is 47.5 Å². The highest BCUT2D eigenvalue weighted by atomic mass is 35.5. The van der Waals surface area contributed by atoms with Gasteiger partial charge >= 0.3 is 0 Å². The van der Waals surface area contributed by atoms with Gasteiger partial charge in [0, 0.05) is 16.3 Å². The Kier molecular flexibility index (Phi) is 5.59. The Labute approximate surface area is 174 Å². The van der Waals surface area contributed by atoms with Crippen molar-refractivity contribution in [3.05, 3.63) is 113 Å². The molecule has 0 saturated heterocycles. The third kappa shape index (κ3) is 4.84. The lowest BCUT2D eigenvalue weighted by molar-refractivity contribution is 0.0997. The summed E-state index contributed by atoms with van der Waals surface area (Å²) in [5.74, 6) is 0.540. The Morgan fingerprint density at radius 2 is 1.52 bits per heavy atom. The predicted molar refractivity (Wildman–Crippen MR) is 119 cm³/mol. The molecule has 3 aromatic carbocycles. The van der Waals surface area contributed by atoms with E-state index < -0.39 is 0 Å². The monoisotopic (exact) mass is 399 g/mol. The summed E-state index contributed by atoms with van der Waals surface area (Å²) in [6.07, 6.45) is 4.08. The zero-order valence-electron chi connectivity index (χ0n) is 15.5. The van der Waals surface area contributed by atoms with Crippen LogP contribution < -0.4 is 5.32 Å². The van der Waals surface area contributed by atoms with E-state index in [1.165, 1.54) is 0 Å². The summed E-state index contributed by atoms with van der Waals surface area (Å²) in [6.45, 7) is 0. The first-order valence-electron chi connectivity index (χ1n) is 9.18. The van der Waals surface area contributed by atoms with E-state index in [1.54, 1.807) is 24.3 Å². The molecule has 1 N–H and O–H groups in total. The van der Waals surface area contributed by atoms with Gasteiger partial charge in [-0.2, -0.15) is 0 Å². The molecule has 1 amide bonds. The summed E-state index contributed by atoms with van der Waals surface area (Å²) in [7, 11) is 0. The molecule has 0 atom stereocenters. The summed E-state index contributed by atoms with van der Waals surface area (Å²) < 4.78 is 5.69. The normalized spacial score (nSPS) is 10.9. The molecule has 0 radical (unpaired) electrons. The average molecular weight is 400 g/mol. The minimum absolute atomic E-state index is 0.244. The summed E-state index contributed by atoms with van der Waals surface area (Å²) >= 11 is 6.02. The van der Waals surface area contributed by atoms with Crippen LogP contribution in [0.4, 0.5) is 5.69 Å². The minimum atomic E-state index is -0.300. The van der Waals surface area contributed by atoms with E-state index in [4.69, 9.17) is 16.0 Å². The molecule has 0 bridgehead atoms. The zero-order chi connectivity index (χ0) is 20.1. The van der Waals surface area contributed by atoms with Crippen LogP contribution in [0.15, 0.2) is 95.4 Å². The molecule has 0 saturated carbocycles. The van der Waals surface area contributed by atoms with Crippen molar-refractivity contribution in [1.29, 1.82) is 0 Å². The van der Waals surface area contributed by atoms with Crippen molar-refractivity contribution >= 4 is 35.3 Å². The third-order valence-electron chi connectivity index (χ3n) is 4.38. The van der Waals surface area contributed by atoms with Crippen molar-refractivity contribution in [3.63, 3.8) is 0 Å². The van der Waals surface area contributed by atoms with E-state index in [-0.39, 0.29) is 11.7 Å². The number of benzene rings is 3. The second kappa shape index (κ2) is 8.63. The fourth-order valence-corrected chi connectivity index (χ4v) is 3.07. The summed E-state index contributed by atoms with van der Waals surface area (Å²) in [6, 6.07) is 28.5. The smallest absolute Gasteiger partial charge is 0.291 e. The second-order valence-electron chi connectivity index (χ2n) is 6.49. The Morgan fingerprint density at radius 1 is 0.793 bits per heavy atom. The van der Waals surface area contributed by atoms with Gasteiger partial charge in [-0.15, -0.1) is 0 Å². The first-order valence-corrected chi connectivity index (χ1v) is 9.55. The molecule has 0 fully saturated rings. The molecule has 4 aromatic rings. The lowest BCUT2D eigenvalue weighted by Crippen LogP contribution is -2.10. The predicted octanol–water partition coefficient (Wildman–Crippen LogP) is 7.02. The molecule has 4 heteroatoms. The number of amides is 1. The van der Waals surface area contributed by atoms with Gasteiger partial charge in [0.15, 0.2) is 5.76 Å². The van der Waals surface area contributed by atoms with Crippen molar-refractivity contribution < 1.29 is 9.21 Å². The van der Waals surface area contributed by atoms with E-state index in [1.807, 2.05) is 78.9 Å². The van der Waals surface area contributed by atoms with Crippen molar-refractivity contribution in [2.45, 2.75) is 0 Å². The highest BCUT2D eigenvalue weighted by molar-refractivity contribution is 6.30. The Bertz CT molecular complexity index is 1140. The summed E-state index contributed by atoms with van der Waals surface area (Å²) in [4.78, 5) is 12.5. The van der Waals surface area contributed by atoms with Crippen molar-refractivity contribution in [1.82, 2.24) is 0 Å². The number of nitrogens with one attached hydrogen (secondary N) is 1. The second-order valence-corrected chi connectivity index (χ2v) is 6.93. The quantitative estimate of drug-likeness (QED) is 0.366.